The smallest absolute Gasteiger partial charge is 0.193 e. The summed E-state index contributed by atoms with van der Waals surface area (Å²) in [6.07, 6.45) is 5.45. The van der Waals surface area contributed by atoms with Gasteiger partial charge < -0.3 is 19.5 Å². The van der Waals surface area contributed by atoms with Gasteiger partial charge in [-0.1, -0.05) is 18.6 Å². The second kappa shape index (κ2) is 9.55. The quantitative estimate of drug-likeness (QED) is 0.616. The van der Waals surface area contributed by atoms with Crippen molar-refractivity contribution in [3.63, 3.8) is 0 Å². The largest absolute Gasteiger partial charge is 0.367 e. The Kier molecular flexibility index (Phi) is 6.62. The van der Waals surface area contributed by atoms with Crippen LogP contribution in [0.4, 0.5) is 4.39 Å². The molecule has 1 aromatic carbocycles. The van der Waals surface area contributed by atoms with Gasteiger partial charge in [-0.3, -0.25) is 4.99 Å². The van der Waals surface area contributed by atoms with Crippen LogP contribution in [0.3, 0.4) is 0 Å². The van der Waals surface area contributed by atoms with Crippen molar-refractivity contribution in [3.05, 3.63) is 47.3 Å². The molecule has 162 valence electrons. The molecule has 3 heterocycles. The van der Waals surface area contributed by atoms with Crippen LogP contribution in [0.25, 0.3) is 0 Å². The van der Waals surface area contributed by atoms with Gasteiger partial charge >= 0.3 is 0 Å². The Bertz CT molecular complexity index is 865. The van der Waals surface area contributed by atoms with Gasteiger partial charge in [-0.2, -0.15) is 0 Å². The van der Waals surface area contributed by atoms with E-state index in [4.69, 9.17) is 4.74 Å². The third-order valence-corrected chi connectivity index (χ3v) is 5.83. The fourth-order valence-corrected chi connectivity index (χ4v) is 4.33. The molecule has 7 nitrogen and oxygen atoms in total. The number of aryl methyl sites for hydroxylation is 1. The van der Waals surface area contributed by atoms with Crippen LogP contribution in [0, 0.1) is 5.82 Å². The molecule has 1 fully saturated rings. The zero-order chi connectivity index (χ0) is 20.9. The highest BCUT2D eigenvalue weighted by molar-refractivity contribution is 5.80. The molecule has 0 aliphatic carbocycles. The number of guanidine groups is 1. The van der Waals surface area contributed by atoms with Crippen molar-refractivity contribution in [3.8, 4) is 0 Å². The number of ether oxygens (including phenoxy) is 1. The van der Waals surface area contributed by atoms with Gasteiger partial charge in [0, 0.05) is 39.5 Å². The molecule has 30 heavy (non-hydrogen) atoms. The van der Waals surface area contributed by atoms with Gasteiger partial charge in [0.05, 0.1) is 12.6 Å². The molecule has 2 aromatic rings. The summed E-state index contributed by atoms with van der Waals surface area (Å²) in [4.78, 5) is 6.70. The van der Waals surface area contributed by atoms with E-state index >= 15 is 0 Å². The van der Waals surface area contributed by atoms with Crippen LogP contribution in [0.2, 0.25) is 0 Å². The van der Waals surface area contributed by atoms with Gasteiger partial charge in [-0.25, -0.2) is 4.39 Å². The van der Waals surface area contributed by atoms with Crippen molar-refractivity contribution in [1.29, 1.82) is 0 Å². The molecule has 2 atom stereocenters. The summed E-state index contributed by atoms with van der Waals surface area (Å²) in [5.74, 6) is 2.79. The number of nitrogens with zero attached hydrogens (tertiary/aromatic N) is 5. The molecule has 1 N–H and O–H groups in total. The van der Waals surface area contributed by atoms with Gasteiger partial charge in [0.15, 0.2) is 5.96 Å². The minimum absolute atomic E-state index is 0.0552. The SMILES string of the molecule is CN=C(NCCc1nnc2n1CCCCC2)N1CC(C)OC(c2ccc(F)cc2)C1. The molecule has 2 aliphatic rings. The average Bonchev–Trinajstić information content (AvgIpc) is 2.97. The Balaban J connectivity index is 1.36. The first-order valence-electron chi connectivity index (χ1n) is 10.9. The number of aliphatic imine (C=N–C) groups is 1. The predicted molar refractivity (Wildman–Crippen MR) is 114 cm³/mol. The van der Waals surface area contributed by atoms with E-state index in [1.54, 1.807) is 19.2 Å². The van der Waals surface area contributed by atoms with Gasteiger partial charge in [-0.15, -0.1) is 10.2 Å². The minimum Gasteiger partial charge on any atom is -0.367 e. The molecule has 0 radical (unpaired) electrons. The lowest BCUT2D eigenvalue weighted by molar-refractivity contribution is -0.0604. The summed E-state index contributed by atoms with van der Waals surface area (Å²) in [5, 5.41) is 12.3. The first-order chi connectivity index (χ1) is 14.6. The van der Waals surface area contributed by atoms with Crippen LogP contribution in [-0.4, -0.2) is 58.4 Å². The molecule has 2 unspecified atom stereocenters. The van der Waals surface area contributed by atoms with Crippen LogP contribution < -0.4 is 5.32 Å². The van der Waals surface area contributed by atoms with Crippen LogP contribution in [0.1, 0.15) is 49.5 Å². The van der Waals surface area contributed by atoms with Crippen LogP contribution in [0.15, 0.2) is 29.3 Å². The Morgan fingerprint density at radius 1 is 1.20 bits per heavy atom. The van der Waals surface area contributed by atoms with Crippen molar-refractivity contribution in [2.24, 2.45) is 4.99 Å². The van der Waals surface area contributed by atoms with Crippen molar-refractivity contribution >= 4 is 5.96 Å². The van der Waals surface area contributed by atoms with Crippen LogP contribution in [0.5, 0.6) is 0 Å². The van der Waals surface area contributed by atoms with Crippen molar-refractivity contribution in [2.45, 2.75) is 57.8 Å². The second-order valence-electron chi connectivity index (χ2n) is 8.11. The molecule has 0 amide bonds. The zero-order valence-corrected chi connectivity index (χ0v) is 17.9. The predicted octanol–water partition coefficient (Wildman–Crippen LogP) is 2.72. The van der Waals surface area contributed by atoms with Gasteiger partial charge in [0.25, 0.3) is 0 Å². The fraction of sp³-hybridized carbons (Fsp3) is 0.591. The number of fused-ring (bicyclic) bond motifs is 1. The van der Waals surface area contributed by atoms with Gasteiger partial charge in [0.1, 0.15) is 23.6 Å². The monoisotopic (exact) mass is 414 g/mol. The molecule has 0 spiro atoms. The average molecular weight is 415 g/mol. The molecule has 4 rings (SSSR count). The zero-order valence-electron chi connectivity index (χ0n) is 17.9. The number of benzene rings is 1. The highest BCUT2D eigenvalue weighted by atomic mass is 19.1. The molecule has 1 saturated heterocycles. The summed E-state index contributed by atoms with van der Waals surface area (Å²) in [5.41, 5.74) is 0.981. The molecule has 2 aliphatic heterocycles. The first-order valence-corrected chi connectivity index (χ1v) is 10.9. The van der Waals surface area contributed by atoms with E-state index in [1.807, 2.05) is 0 Å². The molecular formula is C22H31FN6O. The lowest BCUT2D eigenvalue weighted by atomic mass is 10.1. The van der Waals surface area contributed by atoms with E-state index in [-0.39, 0.29) is 18.0 Å². The number of halogens is 1. The maximum Gasteiger partial charge on any atom is 0.193 e. The first kappa shape index (κ1) is 20.8. The van der Waals surface area contributed by atoms with Crippen LogP contribution >= 0.6 is 0 Å². The number of morpholine rings is 1. The van der Waals surface area contributed by atoms with E-state index in [0.717, 1.165) is 55.6 Å². The summed E-state index contributed by atoms with van der Waals surface area (Å²) in [6, 6.07) is 6.56. The van der Waals surface area contributed by atoms with Gasteiger partial charge in [-0.05, 0) is 37.5 Å². The van der Waals surface area contributed by atoms with E-state index < -0.39 is 0 Å². The minimum atomic E-state index is -0.233. The van der Waals surface area contributed by atoms with Crippen LogP contribution in [-0.2, 0) is 24.1 Å². The summed E-state index contributed by atoms with van der Waals surface area (Å²) in [7, 11) is 1.80. The van der Waals surface area contributed by atoms with Crippen molar-refractivity contribution in [2.75, 3.05) is 26.7 Å². The molecule has 0 bridgehead atoms. The number of aromatic nitrogens is 3. The number of hydrogen-bond acceptors (Lipinski definition) is 4. The summed E-state index contributed by atoms with van der Waals surface area (Å²) >= 11 is 0. The van der Waals surface area contributed by atoms with E-state index in [1.165, 1.54) is 31.4 Å². The summed E-state index contributed by atoms with van der Waals surface area (Å²) in [6.45, 7) is 5.26. The fourth-order valence-electron chi connectivity index (χ4n) is 4.33. The Morgan fingerprint density at radius 2 is 2.03 bits per heavy atom. The third-order valence-electron chi connectivity index (χ3n) is 5.83. The Morgan fingerprint density at radius 3 is 2.83 bits per heavy atom. The topological polar surface area (TPSA) is 67.6 Å². The highest BCUT2D eigenvalue weighted by Gasteiger charge is 2.28. The van der Waals surface area contributed by atoms with E-state index in [9.17, 15) is 4.39 Å². The highest BCUT2D eigenvalue weighted by Crippen LogP contribution is 2.25. The lowest BCUT2D eigenvalue weighted by Gasteiger charge is -2.38. The number of rotatable bonds is 4. The molecular weight excluding hydrogens is 383 g/mol. The molecule has 8 heteroatoms. The normalized spacial score (nSPS) is 22.5. The maximum absolute atomic E-state index is 13.3. The Hall–Kier alpha value is -2.48. The Labute approximate surface area is 177 Å². The number of hydrogen-bond donors (Lipinski definition) is 1. The van der Waals surface area contributed by atoms with Crippen molar-refractivity contribution < 1.29 is 9.13 Å². The van der Waals surface area contributed by atoms with Crippen molar-refractivity contribution in [1.82, 2.24) is 25.0 Å². The van der Waals surface area contributed by atoms with E-state index in [0.29, 0.717) is 6.54 Å². The molecule has 0 saturated carbocycles. The second-order valence-corrected chi connectivity index (χ2v) is 8.11. The standard InChI is InChI=1S/C22H31FN6O/c1-16-14-28(15-19(30-16)17-7-9-18(23)10-8-17)22(24-2)25-12-11-21-27-26-20-6-4-3-5-13-29(20)21/h7-10,16,19H,3-6,11-15H2,1-2H3,(H,24,25). The molecule has 1 aromatic heterocycles. The number of nitrogens with one attached hydrogen (secondary N) is 1. The van der Waals surface area contributed by atoms with E-state index in [2.05, 4.69) is 36.9 Å². The third kappa shape index (κ3) is 4.80. The summed E-state index contributed by atoms with van der Waals surface area (Å²) < 4.78 is 21.7. The van der Waals surface area contributed by atoms with Gasteiger partial charge in [0.2, 0.25) is 0 Å². The lowest BCUT2D eigenvalue weighted by Crippen LogP contribution is -2.51. The maximum atomic E-state index is 13.3.